The van der Waals surface area contributed by atoms with Gasteiger partial charge in [0.05, 0.1) is 18.4 Å². The molecule has 3 heteroatoms. The molecule has 0 N–H and O–H groups in total. The number of ether oxygens (including phenoxy) is 1. The average Bonchev–Trinajstić information content (AvgIpc) is 2.51. The van der Waals surface area contributed by atoms with E-state index in [1.54, 1.807) is 0 Å². The third-order valence-corrected chi connectivity index (χ3v) is 4.18. The van der Waals surface area contributed by atoms with Crippen molar-refractivity contribution in [1.29, 1.82) is 0 Å². The molecule has 0 aromatic heterocycles. The van der Waals surface area contributed by atoms with Crippen molar-refractivity contribution >= 4 is 11.7 Å². The second kappa shape index (κ2) is 5.60. The maximum atomic E-state index is 11.9. The molecule has 0 spiro atoms. The minimum absolute atomic E-state index is 0.286. The van der Waals surface area contributed by atoms with E-state index in [4.69, 9.17) is 4.74 Å². The quantitative estimate of drug-likeness (QED) is 0.806. The zero-order chi connectivity index (χ0) is 14.8. The summed E-state index contributed by atoms with van der Waals surface area (Å²) in [4.78, 5) is 14.0. The zero-order valence-electron chi connectivity index (χ0n) is 12.4. The molecule has 2 aromatic carbocycles. The van der Waals surface area contributed by atoms with E-state index in [9.17, 15) is 4.79 Å². The number of benzene rings is 2. The van der Waals surface area contributed by atoms with Gasteiger partial charge >= 0.3 is 5.97 Å². The second-order valence-electron chi connectivity index (χ2n) is 5.49. The molecule has 108 valence electrons. The van der Waals surface area contributed by atoms with Gasteiger partial charge in [-0.25, -0.2) is 4.79 Å². The topological polar surface area (TPSA) is 29.5 Å². The zero-order valence-corrected chi connectivity index (χ0v) is 12.4. The molecule has 0 aliphatic heterocycles. The summed E-state index contributed by atoms with van der Waals surface area (Å²) in [6.45, 7) is 0.908. The highest BCUT2D eigenvalue weighted by Crippen LogP contribution is 2.36. The van der Waals surface area contributed by atoms with Crippen LogP contribution in [0.25, 0.3) is 0 Å². The molecular formula is C18H19NO2. The second-order valence-corrected chi connectivity index (χ2v) is 5.49. The van der Waals surface area contributed by atoms with Gasteiger partial charge in [-0.3, -0.25) is 0 Å². The first-order chi connectivity index (χ1) is 10.2. The van der Waals surface area contributed by atoms with E-state index in [0.717, 1.165) is 18.7 Å². The van der Waals surface area contributed by atoms with Crippen LogP contribution in [0.5, 0.6) is 0 Å². The number of methoxy groups -OCH3 is 1. The maximum Gasteiger partial charge on any atom is 0.339 e. The number of fused-ring (bicyclic) bond motifs is 1. The molecule has 1 atom stereocenters. The van der Waals surface area contributed by atoms with Gasteiger partial charge in [-0.1, -0.05) is 36.4 Å². The number of carbonyl (C=O) groups excluding carboxylic acids is 1. The summed E-state index contributed by atoms with van der Waals surface area (Å²) in [6.07, 6.45) is 1.11. The number of hydrogen-bond donors (Lipinski definition) is 0. The minimum Gasteiger partial charge on any atom is -0.465 e. The van der Waals surface area contributed by atoms with Crippen LogP contribution in [-0.4, -0.2) is 26.7 Å². The molecule has 0 fully saturated rings. The highest BCUT2D eigenvalue weighted by atomic mass is 16.5. The number of hydrogen-bond acceptors (Lipinski definition) is 3. The van der Waals surface area contributed by atoms with E-state index in [1.165, 1.54) is 18.2 Å². The van der Waals surface area contributed by atoms with Crippen molar-refractivity contribution in [3.8, 4) is 0 Å². The van der Waals surface area contributed by atoms with Crippen molar-refractivity contribution in [3.63, 3.8) is 0 Å². The van der Waals surface area contributed by atoms with Gasteiger partial charge in [0.1, 0.15) is 0 Å². The molecule has 1 aliphatic carbocycles. The van der Waals surface area contributed by atoms with Gasteiger partial charge in [0.2, 0.25) is 0 Å². The number of esters is 1. The Hall–Kier alpha value is -2.29. The van der Waals surface area contributed by atoms with Crippen LogP contribution in [0, 0.1) is 0 Å². The number of para-hydroxylation sites is 1. The van der Waals surface area contributed by atoms with Crippen molar-refractivity contribution in [2.75, 3.05) is 25.6 Å². The predicted molar refractivity (Wildman–Crippen MR) is 83.9 cm³/mol. The lowest BCUT2D eigenvalue weighted by atomic mass is 9.77. The summed E-state index contributed by atoms with van der Waals surface area (Å²) < 4.78 is 4.86. The largest absolute Gasteiger partial charge is 0.465 e. The van der Waals surface area contributed by atoms with Crippen LogP contribution in [0.15, 0.2) is 48.5 Å². The molecule has 0 radical (unpaired) electrons. The van der Waals surface area contributed by atoms with E-state index >= 15 is 0 Å². The fourth-order valence-corrected chi connectivity index (χ4v) is 3.04. The Labute approximate surface area is 125 Å². The summed E-state index contributed by atoms with van der Waals surface area (Å²) in [7, 11) is 3.45. The number of nitrogens with zero attached hydrogens (tertiary/aromatic N) is 1. The van der Waals surface area contributed by atoms with Crippen LogP contribution in [0.1, 0.15) is 27.4 Å². The van der Waals surface area contributed by atoms with Crippen molar-refractivity contribution in [1.82, 2.24) is 0 Å². The smallest absolute Gasteiger partial charge is 0.339 e. The molecule has 3 rings (SSSR count). The first-order valence-electron chi connectivity index (χ1n) is 7.17. The number of carbonyl (C=O) groups is 1. The number of anilines is 1. The van der Waals surface area contributed by atoms with Gasteiger partial charge < -0.3 is 9.64 Å². The van der Waals surface area contributed by atoms with Crippen LogP contribution in [0.4, 0.5) is 5.69 Å². The molecule has 0 bridgehead atoms. The van der Waals surface area contributed by atoms with Crippen molar-refractivity contribution < 1.29 is 9.53 Å². The SMILES string of the molecule is COC(=O)c1ccccc1N(C)CC1Cc2ccccc21. The monoisotopic (exact) mass is 281 g/mol. The van der Waals surface area contributed by atoms with Crippen molar-refractivity contribution in [3.05, 3.63) is 65.2 Å². The highest BCUT2D eigenvalue weighted by Gasteiger charge is 2.27. The first kappa shape index (κ1) is 13.7. The third-order valence-electron chi connectivity index (χ3n) is 4.18. The fourth-order valence-electron chi connectivity index (χ4n) is 3.04. The number of likely N-dealkylation sites (N-methyl/N-ethyl adjacent to an activating group) is 1. The fraction of sp³-hybridized carbons (Fsp3) is 0.278. The lowest BCUT2D eigenvalue weighted by molar-refractivity contribution is 0.0601. The van der Waals surface area contributed by atoms with Crippen LogP contribution < -0.4 is 4.90 Å². The van der Waals surface area contributed by atoms with Gasteiger partial charge in [0.15, 0.2) is 0 Å². The Morgan fingerprint density at radius 3 is 2.67 bits per heavy atom. The first-order valence-corrected chi connectivity index (χ1v) is 7.17. The molecule has 21 heavy (non-hydrogen) atoms. The van der Waals surface area contributed by atoms with Crippen molar-refractivity contribution in [2.24, 2.45) is 0 Å². The van der Waals surface area contributed by atoms with Gasteiger partial charge in [0, 0.05) is 19.5 Å². The average molecular weight is 281 g/mol. The van der Waals surface area contributed by atoms with Gasteiger partial charge in [-0.2, -0.15) is 0 Å². The molecule has 0 amide bonds. The normalized spacial score (nSPS) is 15.8. The van der Waals surface area contributed by atoms with E-state index in [-0.39, 0.29) is 5.97 Å². The molecule has 1 unspecified atom stereocenters. The van der Waals surface area contributed by atoms with Crippen LogP contribution >= 0.6 is 0 Å². The standard InChI is InChI=1S/C18H19NO2/c1-19(12-14-11-13-7-3-4-8-15(13)14)17-10-6-5-9-16(17)18(20)21-2/h3-10,14H,11-12H2,1-2H3. The van der Waals surface area contributed by atoms with Crippen LogP contribution in [-0.2, 0) is 11.2 Å². The Morgan fingerprint density at radius 2 is 1.90 bits per heavy atom. The minimum atomic E-state index is -0.286. The molecule has 2 aromatic rings. The summed E-state index contributed by atoms with van der Waals surface area (Å²) in [5, 5.41) is 0. The maximum absolute atomic E-state index is 11.9. The highest BCUT2D eigenvalue weighted by molar-refractivity contribution is 5.95. The Balaban J connectivity index is 1.78. The molecule has 3 nitrogen and oxygen atoms in total. The summed E-state index contributed by atoms with van der Waals surface area (Å²) in [5.74, 6) is 0.253. The van der Waals surface area contributed by atoms with Crippen LogP contribution in [0.3, 0.4) is 0 Å². The van der Waals surface area contributed by atoms with E-state index in [0.29, 0.717) is 11.5 Å². The predicted octanol–water partition coefficient (Wildman–Crippen LogP) is 3.25. The van der Waals surface area contributed by atoms with E-state index < -0.39 is 0 Å². The summed E-state index contributed by atoms with van der Waals surface area (Å²) in [6, 6.07) is 16.2. The van der Waals surface area contributed by atoms with Crippen LogP contribution in [0.2, 0.25) is 0 Å². The summed E-state index contributed by atoms with van der Waals surface area (Å²) >= 11 is 0. The molecular weight excluding hydrogens is 262 g/mol. The molecule has 0 saturated heterocycles. The molecule has 0 saturated carbocycles. The summed E-state index contributed by atoms with van der Waals surface area (Å²) in [5.41, 5.74) is 4.42. The third kappa shape index (κ3) is 2.51. The Kier molecular flexibility index (Phi) is 3.65. The lowest BCUT2D eigenvalue weighted by Gasteiger charge is -2.34. The van der Waals surface area contributed by atoms with Crippen molar-refractivity contribution in [2.45, 2.75) is 12.3 Å². The Morgan fingerprint density at radius 1 is 1.19 bits per heavy atom. The lowest BCUT2D eigenvalue weighted by Crippen LogP contribution is -2.31. The van der Waals surface area contributed by atoms with E-state index in [2.05, 4.69) is 29.2 Å². The Bertz CT molecular complexity index is 666. The van der Waals surface area contributed by atoms with Gasteiger partial charge in [-0.05, 0) is 29.7 Å². The molecule has 0 heterocycles. The number of rotatable bonds is 4. The molecule has 1 aliphatic rings. The van der Waals surface area contributed by atoms with Gasteiger partial charge in [0.25, 0.3) is 0 Å². The van der Waals surface area contributed by atoms with Gasteiger partial charge in [-0.15, -0.1) is 0 Å². The van der Waals surface area contributed by atoms with E-state index in [1.807, 2.05) is 31.3 Å².